The van der Waals surface area contributed by atoms with E-state index < -0.39 is 11.5 Å². The molecule has 4 heteroatoms. The van der Waals surface area contributed by atoms with Crippen LogP contribution in [-0.2, 0) is 4.79 Å². The van der Waals surface area contributed by atoms with Gasteiger partial charge in [0.2, 0.25) is 0 Å². The molecule has 0 radical (unpaired) electrons. The van der Waals surface area contributed by atoms with Crippen molar-refractivity contribution < 1.29 is 14.6 Å². The molecule has 118 valence electrons. The van der Waals surface area contributed by atoms with Crippen LogP contribution >= 0.6 is 0 Å². The van der Waals surface area contributed by atoms with Gasteiger partial charge < -0.3 is 15.6 Å². The van der Waals surface area contributed by atoms with Crippen LogP contribution in [0.15, 0.2) is 18.2 Å². The molecular weight excluding hydrogens is 266 g/mol. The van der Waals surface area contributed by atoms with Gasteiger partial charge in [0.05, 0.1) is 6.61 Å². The Hall–Kier alpha value is -1.55. The first-order valence-corrected chi connectivity index (χ1v) is 7.49. The average molecular weight is 293 g/mol. The fraction of sp³-hybridized carbons (Fsp3) is 0.588. The van der Waals surface area contributed by atoms with E-state index in [9.17, 15) is 4.79 Å². The van der Waals surface area contributed by atoms with Gasteiger partial charge in [-0.05, 0) is 62.3 Å². The molecule has 1 aromatic carbocycles. The summed E-state index contributed by atoms with van der Waals surface area (Å²) in [6.07, 6.45) is 1.99. The maximum atomic E-state index is 10.9. The van der Waals surface area contributed by atoms with Crippen LogP contribution in [0.25, 0.3) is 0 Å². The number of rotatable bonds is 8. The lowest BCUT2D eigenvalue weighted by molar-refractivity contribution is -0.142. The largest absolute Gasteiger partial charge is 0.494 e. The monoisotopic (exact) mass is 293 g/mol. The zero-order chi connectivity index (χ0) is 16.0. The molecule has 0 amide bonds. The van der Waals surface area contributed by atoms with Gasteiger partial charge in [0, 0.05) is 0 Å². The standard InChI is InChI=1S/C17H27NO3/c1-12(2)15-8-7-14(11-13(15)3)21-10-6-5-9-17(4,18)16(19)20/h7-8,11-12H,5-6,9-10,18H2,1-4H3,(H,19,20). The molecule has 1 unspecified atom stereocenters. The van der Waals surface area contributed by atoms with Crippen LogP contribution in [0.4, 0.5) is 0 Å². The topological polar surface area (TPSA) is 72.5 Å². The number of carboxylic acid groups (broad SMARTS) is 1. The highest BCUT2D eigenvalue weighted by Gasteiger charge is 2.26. The van der Waals surface area contributed by atoms with E-state index in [1.165, 1.54) is 11.1 Å². The maximum absolute atomic E-state index is 10.9. The van der Waals surface area contributed by atoms with Crippen LogP contribution in [-0.4, -0.2) is 23.2 Å². The molecule has 0 spiro atoms. The lowest BCUT2D eigenvalue weighted by atomic mass is 9.96. The molecule has 0 saturated heterocycles. The van der Waals surface area contributed by atoms with Crippen LogP contribution in [0.5, 0.6) is 5.75 Å². The van der Waals surface area contributed by atoms with Crippen LogP contribution in [0.3, 0.4) is 0 Å². The number of carboxylic acids is 1. The molecule has 1 rings (SSSR count). The number of nitrogens with two attached hydrogens (primary N) is 1. The van der Waals surface area contributed by atoms with Gasteiger partial charge in [-0.1, -0.05) is 19.9 Å². The highest BCUT2D eigenvalue weighted by molar-refractivity contribution is 5.77. The third-order valence-electron chi connectivity index (χ3n) is 3.71. The molecule has 3 N–H and O–H groups in total. The lowest BCUT2D eigenvalue weighted by Gasteiger charge is -2.18. The van der Waals surface area contributed by atoms with Crippen molar-refractivity contribution in [2.75, 3.05) is 6.61 Å². The van der Waals surface area contributed by atoms with Crippen molar-refractivity contribution in [1.82, 2.24) is 0 Å². The predicted molar refractivity (Wildman–Crippen MR) is 84.8 cm³/mol. The van der Waals surface area contributed by atoms with E-state index >= 15 is 0 Å². The zero-order valence-electron chi connectivity index (χ0n) is 13.5. The summed E-state index contributed by atoms with van der Waals surface area (Å²) < 4.78 is 5.71. The van der Waals surface area contributed by atoms with Crippen LogP contribution < -0.4 is 10.5 Å². The van der Waals surface area contributed by atoms with E-state index in [-0.39, 0.29) is 0 Å². The van der Waals surface area contributed by atoms with Gasteiger partial charge in [0.1, 0.15) is 11.3 Å². The Morgan fingerprint density at radius 1 is 1.38 bits per heavy atom. The van der Waals surface area contributed by atoms with E-state index in [2.05, 4.69) is 32.9 Å². The maximum Gasteiger partial charge on any atom is 0.323 e. The van der Waals surface area contributed by atoms with Gasteiger partial charge in [-0.25, -0.2) is 0 Å². The molecule has 0 heterocycles. The Morgan fingerprint density at radius 2 is 2.05 bits per heavy atom. The number of aryl methyl sites for hydroxylation is 1. The first-order valence-electron chi connectivity index (χ1n) is 7.49. The predicted octanol–water partition coefficient (Wildman–Crippen LogP) is 3.47. The van der Waals surface area contributed by atoms with Crippen LogP contribution in [0.1, 0.15) is 57.1 Å². The van der Waals surface area contributed by atoms with Crippen molar-refractivity contribution >= 4 is 5.97 Å². The van der Waals surface area contributed by atoms with Gasteiger partial charge in [0.25, 0.3) is 0 Å². The molecule has 1 atom stereocenters. The van der Waals surface area contributed by atoms with E-state index in [1.807, 2.05) is 6.07 Å². The first-order chi connectivity index (χ1) is 9.74. The van der Waals surface area contributed by atoms with Crippen molar-refractivity contribution in [3.8, 4) is 5.75 Å². The molecule has 21 heavy (non-hydrogen) atoms. The van der Waals surface area contributed by atoms with E-state index in [0.29, 0.717) is 18.9 Å². The number of hydrogen-bond donors (Lipinski definition) is 2. The number of aliphatic carboxylic acids is 1. The Bertz CT molecular complexity index is 481. The van der Waals surface area contributed by atoms with Crippen molar-refractivity contribution in [3.63, 3.8) is 0 Å². The highest BCUT2D eigenvalue weighted by Crippen LogP contribution is 2.23. The van der Waals surface area contributed by atoms with E-state index in [0.717, 1.165) is 18.6 Å². The van der Waals surface area contributed by atoms with Gasteiger partial charge in [-0.3, -0.25) is 4.79 Å². The summed E-state index contributed by atoms with van der Waals surface area (Å²) in [6, 6.07) is 6.16. The summed E-state index contributed by atoms with van der Waals surface area (Å²) in [6.45, 7) is 8.57. The summed E-state index contributed by atoms with van der Waals surface area (Å²) in [4.78, 5) is 10.9. The minimum atomic E-state index is -1.14. The zero-order valence-corrected chi connectivity index (χ0v) is 13.5. The van der Waals surface area contributed by atoms with Gasteiger partial charge in [0.15, 0.2) is 0 Å². The number of hydrogen-bond acceptors (Lipinski definition) is 3. The molecule has 4 nitrogen and oxygen atoms in total. The quantitative estimate of drug-likeness (QED) is 0.720. The van der Waals surface area contributed by atoms with Crippen molar-refractivity contribution in [2.45, 2.75) is 58.4 Å². The molecule has 0 aliphatic heterocycles. The number of carbonyl (C=O) groups is 1. The molecule has 0 aliphatic rings. The number of ether oxygens (including phenoxy) is 1. The van der Waals surface area contributed by atoms with E-state index in [4.69, 9.17) is 15.6 Å². The smallest absolute Gasteiger partial charge is 0.323 e. The van der Waals surface area contributed by atoms with Crippen LogP contribution in [0, 0.1) is 6.92 Å². The molecule has 1 aromatic rings. The summed E-state index contributed by atoms with van der Waals surface area (Å²) in [5.41, 5.74) is 7.11. The highest BCUT2D eigenvalue weighted by atomic mass is 16.5. The van der Waals surface area contributed by atoms with Gasteiger partial charge >= 0.3 is 5.97 Å². The van der Waals surface area contributed by atoms with Crippen molar-refractivity contribution in [1.29, 1.82) is 0 Å². The Morgan fingerprint density at radius 3 is 2.57 bits per heavy atom. The molecular formula is C17H27NO3. The normalized spacial score (nSPS) is 14.0. The molecule has 0 aliphatic carbocycles. The SMILES string of the molecule is Cc1cc(OCCCCC(C)(N)C(=O)O)ccc1C(C)C. The van der Waals surface area contributed by atoms with Crippen molar-refractivity contribution in [2.24, 2.45) is 5.73 Å². The van der Waals surface area contributed by atoms with Gasteiger partial charge in [-0.2, -0.15) is 0 Å². The lowest BCUT2D eigenvalue weighted by Crippen LogP contribution is -2.44. The fourth-order valence-corrected chi connectivity index (χ4v) is 2.28. The summed E-state index contributed by atoms with van der Waals surface area (Å²) in [7, 11) is 0. The Balaban J connectivity index is 2.37. The summed E-state index contributed by atoms with van der Waals surface area (Å²) in [5.74, 6) is 0.422. The third kappa shape index (κ3) is 5.38. The van der Waals surface area contributed by atoms with Gasteiger partial charge in [-0.15, -0.1) is 0 Å². The number of benzene rings is 1. The molecule has 0 aromatic heterocycles. The van der Waals surface area contributed by atoms with Crippen molar-refractivity contribution in [3.05, 3.63) is 29.3 Å². The number of unbranched alkanes of at least 4 members (excludes halogenated alkanes) is 1. The molecule has 0 bridgehead atoms. The Labute approximate surface area is 127 Å². The summed E-state index contributed by atoms with van der Waals surface area (Å²) in [5, 5.41) is 8.92. The second kappa shape index (κ2) is 7.46. The fourth-order valence-electron chi connectivity index (χ4n) is 2.28. The minimum absolute atomic E-state index is 0.455. The van der Waals surface area contributed by atoms with E-state index in [1.54, 1.807) is 6.92 Å². The average Bonchev–Trinajstić information content (AvgIpc) is 2.37. The second-order valence-corrected chi connectivity index (χ2v) is 6.20. The minimum Gasteiger partial charge on any atom is -0.494 e. The molecule has 0 fully saturated rings. The molecule has 0 saturated carbocycles. The third-order valence-corrected chi connectivity index (χ3v) is 3.71. The second-order valence-electron chi connectivity index (χ2n) is 6.20. The van der Waals surface area contributed by atoms with Crippen LogP contribution in [0.2, 0.25) is 0 Å². The first kappa shape index (κ1) is 17.5. The summed E-state index contributed by atoms with van der Waals surface area (Å²) >= 11 is 0. The Kier molecular flexibility index (Phi) is 6.21.